The number of likely N-dealkylation sites (N-methyl/N-ethyl adjacent to an activating group) is 2. The maximum atomic E-state index is 12.0. The van der Waals surface area contributed by atoms with Gasteiger partial charge in [-0.25, -0.2) is 0 Å². The van der Waals surface area contributed by atoms with Crippen molar-refractivity contribution in [3.8, 4) is 0 Å². The SMILES string of the molecule is CCSC(C)N(C)CCN(C)C(=O)C(C)(C)C. The monoisotopic (exact) mass is 260 g/mol. The highest BCUT2D eigenvalue weighted by Crippen LogP contribution is 2.17. The molecule has 0 N–H and O–H groups in total. The highest BCUT2D eigenvalue weighted by molar-refractivity contribution is 7.99. The van der Waals surface area contributed by atoms with Crippen LogP contribution in [0.4, 0.5) is 0 Å². The van der Waals surface area contributed by atoms with E-state index in [1.165, 1.54) is 0 Å². The Morgan fingerprint density at radius 2 is 1.76 bits per heavy atom. The van der Waals surface area contributed by atoms with Crippen LogP contribution in [0.15, 0.2) is 0 Å². The first kappa shape index (κ1) is 16.8. The average Bonchev–Trinajstić information content (AvgIpc) is 2.23. The van der Waals surface area contributed by atoms with Crippen molar-refractivity contribution in [2.75, 3.05) is 32.9 Å². The predicted molar refractivity (Wildman–Crippen MR) is 77.3 cm³/mol. The average molecular weight is 260 g/mol. The number of nitrogens with zero attached hydrogens (tertiary/aromatic N) is 2. The normalized spacial score (nSPS) is 13.9. The molecule has 0 aromatic rings. The Morgan fingerprint density at radius 1 is 1.24 bits per heavy atom. The van der Waals surface area contributed by atoms with Gasteiger partial charge >= 0.3 is 0 Å². The fourth-order valence-electron chi connectivity index (χ4n) is 1.53. The molecule has 0 saturated carbocycles. The van der Waals surface area contributed by atoms with Gasteiger partial charge in [-0.1, -0.05) is 27.7 Å². The number of carbonyl (C=O) groups excluding carboxylic acids is 1. The summed E-state index contributed by atoms with van der Waals surface area (Å²) in [7, 11) is 4.00. The summed E-state index contributed by atoms with van der Waals surface area (Å²) < 4.78 is 0. The third-order valence-corrected chi connectivity index (χ3v) is 3.98. The lowest BCUT2D eigenvalue weighted by molar-refractivity contribution is -0.138. The number of rotatable bonds is 6. The minimum atomic E-state index is -0.281. The molecule has 0 rings (SSSR count). The topological polar surface area (TPSA) is 23.6 Å². The lowest BCUT2D eigenvalue weighted by atomic mass is 9.95. The van der Waals surface area contributed by atoms with Crippen LogP contribution >= 0.6 is 11.8 Å². The molecule has 0 heterocycles. The van der Waals surface area contributed by atoms with Crippen LogP contribution in [0, 0.1) is 5.41 Å². The van der Waals surface area contributed by atoms with Crippen molar-refractivity contribution in [3.63, 3.8) is 0 Å². The van der Waals surface area contributed by atoms with Gasteiger partial charge in [0.2, 0.25) is 5.91 Å². The van der Waals surface area contributed by atoms with Gasteiger partial charge in [-0.05, 0) is 19.7 Å². The maximum Gasteiger partial charge on any atom is 0.227 e. The smallest absolute Gasteiger partial charge is 0.227 e. The van der Waals surface area contributed by atoms with E-state index < -0.39 is 0 Å². The van der Waals surface area contributed by atoms with Crippen LogP contribution in [0.3, 0.4) is 0 Å². The second-order valence-electron chi connectivity index (χ2n) is 5.51. The maximum absolute atomic E-state index is 12.0. The summed E-state index contributed by atoms with van der Waals surface area (Å²) >= 11 is 1.93. The van der Waals surface area contributed by atoms with E-state index in [0.717, 1.165) is 18.8 Å². The molecular weight excluding hydrogens is 232 g/mol. The first-order valence-electron chi connectivity index (χ1n) is 6.27. The lowest BCUT2D eigenvalue weighted by Crippen LogP contribution is -2.41. The molecule has 17 heavy (non-hydrogen) atoms. The van der Waals surface area contributed by atoms with Crippen LogP contribution in [-0.2, 0) is 4.79 Å². The molecule has 102 valence electrons. The van der Waals surface area contributed by atoms with E-state index in [1.807, 2.05) is 44.5 Å². The molecule has 0 aromatic carbocycles. The van der Waals surface area contributed by atoms with Gasteiger partial charge in [0, 0.05) is 25.6 Å². The Bertz CT molecular complexity index is 238. The largest absolute Gasteiger partial charge is 0.344 e. The zero-order valence-electron chi connectivity index (χ0n) is 12.4. The Hall–Kier alpha value is -0.220. The highest BCUT2D eigenvalue weighted by atomic mass is 32.2. The summed E-state index contributed by atoms with van der Waals surface area (Å²) in [5, 5.41) is 0.512. The molecule has 0 aromatic heterocycles. The third kappa shape index (κ3) is 6.32. The Labute approximate surface area is 111 Å². The molecule has 3 nitrogen and oxygen atoms in total. The predicted octanol–water partition coefficient (Wildman–Crippen LogP) is 2.52. The van der Waals surface area contributed by atoms with Gasteiger partial charge in [0.1, 0.15) is 0 Å². The minimum Gasteiger partial charge on any atom is -0.344 e. The van der Waals surface area contributed by atoms with Crippen LogP contribution in [-0.4, -0.2) is 54.0 Å². The van der Waals surface area contributed by atoms with Crippen molar-refractivity contribution >= 4 is 17.7 Å². The minimum absolute atomic E-state index is 0.210. The molecule has 4 heteroatoms. The summed E-state index contributed by atoms with van der Waals surface area (Å²) in [5.74, 6) is 1.34. The zero-order chi connectivity index (χ0) is 13.6. The summed E-state index contributed by atoms with van der Waals surface area (Å²) in [6.07, 6.45) is 0. The summed E-state index contributed by atoms with van der Waals surface area (Å²) in [6, 6.07) is 0. The molecule has 1 unspecified atom stereocenters. The van der Waals surface area contributed by atoms with Crippen LogP contribution < -0.4 is 0 Å². The zero-order valence-corrected chi connectivity index (χ0v) is 13.2. The van der Waals surface area contributed by atoms with Crippen molar-refractivity contribution < 1.29 is 4.79 Å². The van der Waals surface area contributed by atoms with Gasteiger partial charge in [0.15, 0.2) is 0 Å². The molecule has 0 radical (unpaired) electrons. The van der Waals surface area contributed by atoms with Gasteiger partial charge in [-0.3, -0.25) is 9.69 Å². The van der Waals surface area contributed by atoms with Crippen molar-refractivity contribution in [3.05, 3.63) is 0 Å². The van der Waals surface area contributed by atoms with Crippen LogP contribution in [0.1, 0.15) is 34.6 Å². The molecule has 0 bridgehead atoms. The van der Waals surface area contributed by atoms with E-state index in [0.29, 0.717) is 5.37 Å². The summed E-state index contributed by atoms with van der Waals surface area (Å²) in [4.78, 5) is 16.1. The molecule has 1 atom stereocenters. The van der Waals surface area contributed by atoms with E-state index >= 15 is 0 Å². The van der Waals surface area contributed by atoms with Gasteiger partial charge in [-0.2, -0.15) is 0 Å². The van der Waals surface area contributed by atoms with Gasteiger partial charge in [0.25, 0.3) is 0 Å². The number of carbonyl (C=O) groups is 1. The Kier molecular flexibility index (Phi) is 7.17. The molecule has 0 aliphatic heterocycles. The van der Waals surface area contributed by atoms with Crippen LogP contribution in [0.5, 0.6) is 0 Å². The van der Waals surface area contributed by atoms with Crippen molar-refractivity contribution in [2.24, 2.45) is 5.41 Å². The molecular formula is C13H28N2OS. The van der Waals surface area contributed by atoms with Crippen molar-refractivity contribution in [1.82, 2.24) is 9.80 Å². The van der Waals surface area contributed by atoms with E-state index in [9.17, 15) is 4.79 Å². The quantitative estimate of drug-likeness (QED) is 0.686. The first-order valence-corrected chi connectivity index (χ1v) is 7.32. The highest BCUT2D eigenvalue weighted by Gasteiger charge is 2.24. The fourth-order valence-corrected chi connectivity index (χ4v) is 2.37. The number of amides is 1. The molecule has 0 spiro atoms. The third-order valence-electron chi connectivity index (χ3n) is 2.80. The molecule has 0 aliphatic carbocycles. The van der Waals surface area contributed by atoms with Gasteiger partial charge in [-0.15, -0.1) is 11.8 Å². The van der Waals surface area contributed by atoms with Crippen LogP contribution in [0.2, 0.25) is 0 Å². The van der Waals surface area contributed by atoms with E-state index in [1.54, 1.807) is 0 Å². The van der Waals surface area contributed by atoms with E-state index in [4.69, 9.17) is 0 Å². The second-order valence-corrected chi connectivity index (χ2v) is 7.10. The van der Waals surface area contributed by atoms with E-state index in [-0.39, 0.29) is 11.3 Å². The summed E-state index contributed by atoms with van der Waals surface area (Å²) in [6.45, 7) is 12.0. The van der Waals surface area contributed by atoms with Gasteiger partial charge < -0.3 is 4.90 Å². The van der Waals surface area contributed by atoms with Crippen LogP contribution in [0.25, 0.3) is 0 Å². The Morgan fingerprint density at radius 3 is 2.18 bits per heavy atom. The van der Waals surface area contributed by atoms with E-state index in [2.05, 4.69) is 25.8 Å². The first-order chi connectivity index (χ1) is 7.70. The Balaban J connectivity index is 4.07. The number of hydrogen-bond donors (Lipinski definition) is 0. The fraction of sp³-hybridized carbons (Fsp3) is 0.923. The van der Waals surface area contributed by atoms with Crippen molar-refractivity contribution in [1.29, 1.82) is 0 Å². The number of thioether (sulfide) groups is 1. The summed E-state index contributed by atoms with van der Waals surface area (Å²) in [5.41, 5.74) is -0.281. The molecule has 0 saturated heterocycles. The molecule has 0 fully saturated rings. The number of hydrogen-bond acceptors (Lipinski definition) is 3. The molecule has 0 aliphatic rings. The molecule has 1 amide bonds. The standard InChI is InChI=1S/C13H28N2OS/c1-8-17-11(2)14(6)9-10-15(7)12(16)13(3,4)5/h11H,8-10H2,1-7H3. The van der Waals surface area contributed by atoms with Crippen molar-refractivity contribution in [2.45, 2.75) is 40.0 Å². The van der Waals surface area contributed by atoms with Gasteiger partial charge in [0.05, 0.1) is 5.37 Å². The second kappa shape index (κ2) is 7.27. The lowest BCUT2D eigenvalue weighted by Gasteiger charge is -2.29.